The van der Waals surface area contributed by atoms with Gasteiger partial charge in [0.1, 0.15) is 5.75 Å². The zero-order valence-corrected chi connectivity index (χ0v) is 22.6. The molecule has 2 fully saturated rings. The molecule has 2 aromatic heterocycles. The van der Waals surface area contributed by atoms with Crippen molar-refractivity contribution in [3.63, 3.8) is 0 Å². The summed E-state index contributed by atoms with van der Waals surface area (Å²) < 4.78 is 49.1. The third-order valence-electron chi connectivity index (χ3n) is 7.81. The minimum atomic E-state index is -4.72. The molecule has 1 aliphatic heterocycles. The lowest BCUT2D eigenvalue weighted by Gasteiger charge is -2.40. The van der Waals surface area contributed by atoms with Gasteiger partial charge in [0.05, 0.1) is 11.9 Å². The second kappa shape index (κ2) is 11.9. The van der Waals surface area contributed by atoms with E-state index in [1.807, 2.05) is 16.9 Å². The van der Waals surface area contributed by atoms with E-state index in [2.05, 4.69) is 54.6 Å². The van der Waals surface area contributed by atoms with Crippen molar-refractivity contribution in [2.75, 3.05) is 23.3 Å². The minimum absolute atomic E-state index is 0.168. The van der Waals surface area contributed by atoms with Crippen LogP contribution in [0.1, 0.15) is 38.5 Å². The summed E-state index contributed by atoms with van der Waals surface area (Å²) in [4.78, 5) is 6.84. The molecule has 0 spiro atoms. The van der Waals surface area contributed by atoms with E-state index >= 15 is 0 Å². The Morgan fingerprint density at radius 2 is 1.66 bits per heavy atom. The molecule has 3 atom stereocenters. The number of ether oxygens (including phenoxy) is 1. The summed E-state index contributed by atoms with van der Waals surface area (Å²) in [5.41, 5.74) is 2.89. The number of halogens is 3. The van der Waals surface area contributed by atoms with Crippen molar-refractivity contribution in [3.8, 4) is 22.8 Å². The number of alkyl halides is 3. The Balaban J connectivity index is 1.06. The molecule has 6 rings (SSSR count). The predicted octanol–water partition coefficient (Wildman–Crippen LogP) is 6.41. The third-order valence-corrected chi connectivity index (χ3v) is 7.81. The lowest BCUT2D eigenvalue weighted by atomic mass is 9.89. The van der Waals surface area contributed by atoms with Crippen LogP contribution in [-0.4, -0.2) is 52.3 Å². The Morgan fingerprint density at radius 3 is 2.39 bits per heavy atom. The number of hydrogen-bond acceptors (Lipinski definition) is 7. The van der Waals surface area contributed by atoms with Gasteiger partial charge in [0, 0.05) is 54.9 Å². The molecule has 8 nitrogen and oxygen atoms in total. The van der Waals surface area contributed by atoms with Gasteiger partial charge in [-0.15, -0.1) is 13.2 Å². The highest BCUT2D eigenvalue weighted by Crippen LogP contribution is 2.30. The number of rotatable bonds is 8. The topological polar surface area (TPSA) is 80.4 Å². The zero-order valence-electron chi connectivity index (χ0n) is 22.6. The van der Waals surface area contributed by atoms with Crippen molar-refractivity contribution in [1.82, 2.24) is 20.1 Å². The van der Waals surface area contributed by atoms with Crippen LogP contribution in [0.2, 0.25) is 0 Å². The molecule has 0 bridgehead atoms. The van der Waals surface area contributed by atoms with Crippen LogP contribution in [0.15, 0.2) is 77.6 Å². The molecule has 2 aromatic carbocycles. The summed E-state index contributed by atoms with van der Waals surface area (Å²) in [5, 5.41) is 11.7. The number of anilines is 2. The number of oxazole rings is 1. The van der Waals surface area contributed by atoms with Crippen LogP contribution in [0.4, 0.5) is 24.9 Å². The van der Waals surface area contributed by atoms with Crippen molar-refractivity contribution in [1.29, 1.82) is 0 Å². The number of benzene rings is 2. The number of hydrogen-bond donors (Lipinski definition) is 2. The number of aromatic nitrogens is 3. The Kier molecular flexibility index (Phi) is 7.86. The van der Waals surface area contributed by atoms with Gasteiger partial charge in [0.15, 0.2) is 5.76 Å². The number of nitrogens with one attached hydrogen (secondary N) is 2. The molecule has 2 N–H and O–H groups in total. The van der Waals surface area contributed by atoms with E-state index in [-0.39, 0.29) is 17.8 Å². The molecule has 0 radical (unpaired) electrons. The fraction of sp³-hybridized carbons (Fsp3) is 0.400. The zero-order chi connectivity index (χ0) is 28.2. The standard InChI is InChI=1S/C30H33F3N6O2/c31-30(32,33)41-25-14-8-21(9-15-25)28-19-34-29(40-28)37-27-7-2-1-6-26(27)36-22-5-3-17-38(20-22)23-10-12-24(13-11-23)39-18-4-16-35-39/h4,8-16,18-19,22,26-27,36H,1-3,5-7,17,20H2,(H,34,37). The highest BCUT2D eigenvalue weighted by atomic mass is 19.4. The lowest BCUT2D eigenvalue weighted by Crippen LogP contribution is -2.54. The van der Waals surface area contributed by atoms with Crippen molar-refractivity contribution < 1.29 is 22.3 Å². The summed E-state index contributed by atoms with van der Waals surface area (Å²) in [6.07, 6.45) is 7.21. The smallest absolute Gasteiger partial charge is 0.424 e. The van der Waals surface area contributed by atoms with Gasteiger partial charge in [0.2, 0.25) is 0 Å². The second-order valence-electron chi connectivity index (χ2n) is 10.7. The van der Waals surface area contributed by atoms with E-state index in [1.54, 1.807) is 12.4 Å². The van der Waals surface area contributed by atoms with E-state index in [1.165, 1.54) is 36.4 Å². The van der Waals surface area contributed by atoms with Crippen LogP contribution < -0.4 is 20.3 Å². The van der Waals surface area contributed by atoms with Gasteiger partial charge >= 0.3 is 6.36 Å². The van der Waals surface area contributed by atoms with E-state index in [9.17, 15) is 13.2 Å². The molecule has 1 aliphatic carbocycles. The normalized spacial score (nSPS) is 21.5. The van der Waals surface area contributed by atoms with E-state index in [0.29, 0.717) is 23.4 Å². The van der Waals surface area contributed by atoms with E-state index in [0.717, 1.165) is 50.9 Å². The summed E-state index contributed by atoms with van der Waals surface area (Å²) in [6.45, 7) is 1.98. The predicted molar refractivity (Wildman–Crippen MR) is 150 cm³/mol. The average molecular weight is 567 g/mol. The minimum Gasteiger partial charge on any atom is -0.424 e. The summed E-state index contributed by atoms with van der Waals surface area (Å²) >= 11 is 0. The van der Waals surface area contributed by atoms with Crippen molar-refractivity contribution >= 4 is 11.7 Å². The molecule has 0 amide bonds. The van der Waals surface area contributed by atoms with E-state index in [4.69, 9.17) is 4.42 Å². The largest absolute Gasteiger partial charge is 0.573 e. The van der Waals surface area contributed by atoms with E-state index < -0.39 is 6.36 Å². The molecule has 2 aliphatic rings. The first-order chi connectivity index (χ1) is 19.9. The average Bonchev–Trinajstić information content (AvgIpc) is 3.67. The molecule has 3 heterocycles. The first-order valence-corrected chi connectivity index (χ1v) is 14.1. The first kappa shape index (κ1) is 27.2. The van der Waals surface area contributed by atoms with Crippen LogP contribution >= 0.6 is 0 Å². The van der Waals surface area contributed by atoms with Gasteiger partial charge in [-0.05, 0) is 80.3 Å². The van der Waals surface area contributed by atoms with Gasteiger partial charge < -0.3 is 24.7 Å². The fourth-order valence-electron chi connectivity index (χ4n) is 5.85. The quantitative estimate of drug-likeness (QED) is 0.255. The maximum Gasteiger partial charge on any atom is 0.573 e. The molecule has 216 valence electrons. The van der Waals surface area contributed by atoms with Gasteiger partial charge in [-0.25, -0.2) is 9.67 Å². The molecule has 1 saturated carbocycles. The first-order valence-electron chi connectivity index (χ1n) is 14.1. The van der Waals surface area contributed by atoms with Gasteiger partial charge in [-0.3, -0.25) is 0 Å². The van der Waals surface area contributed by atoms with Gasteiger partial charge in [-0.2, -0.15) is 5.10 Å². The lowest BCUT2D eigenvalue weighted by molar-refractivity contribution is -0.274. The third kappa shape index (κ3) is 6.84. The molecule has 3 unspecified atom stereocenters. The molecule has 4 aromatic rings. The van der Waals surface area contributed by atoms with Crippen LogP contribution in [0, 0.1) is 0 Å². The molecule has 11 heteroatoms. The highest BCUT2D eigenvalue weighted by Gasteiger charge is 2.32. The Morgan fingerprint density at radius 1 is 0.902 bits per heavy atom. The Labute approximate surface area is 236 Å². The van der Waals surface area contributed by atoms with Crippen LogP contribution in [0.3, 0.4) is 0 Å². The van der Waals surface area contributed by atoms with Crippen LogP contribution in [0.5, 0.6) is 5.75 Å². The van der Waals surface area contributed by atoms with Crippen molar-refractivity contribution in [2.45, 2.75) is 63.0 Å². The SMILES string of the molecule is FC(F)(F)Oc1ccc(-c2cnc(NC3CCCCC3NC3CCCN(c4ccc(-n5cccn5)cc4)C3)o2)cc1. The molecular formula is C30H33F3N6O2. The monoisotopic (exact) mass is 566 g/mol. The van der Waals surface area contributed by atoms with Gasteiger partial charge in [0.25, 0.3) is 6.01 Å². The number of piperidine rings is 1. The second-order valence-corrected chi connectivity index (χ2v) is 10.7. The molecule has 1 saturated heterocycles. The Hall–Kier alpha value is -3.99. The Bertz CT molecular complexity index is 1390. The molecular weight excluding hydrogens is 533 g/mol. The number of nitrogens with zero attached hydrogens (tertiary/aromatic N) is 4. The fourth-order valence-corrected chi connectivity index (χ4v) is 5.85. The summed E-state index contributed by atoms with van der Waals surface area (Å²) in [7, 11) is 0. The molecule has 41 heavy (non-hydrogen) atoms. The van der Waals surface area contributed by atoms with Crippen LogP contribution in [0.25, 0.3) is 17.0 Å². The van der Waals surface area contributed by atoms with Crippen molar-refractivity contribution in [3.05, 3.63) is 73.2 Å². The van der Waals surface area contributed by atoms with Gasteiger partial charge in [-0.1, -0.05) is 12.8 Å². The maximum absolute atomic E-state index is 12.5. The summed E-state index contributed by atoms with van der Waals surface area (Å²) in [5.74, 6) is 0.204. The maximum atomic E-state index is 12.5. The van der Waals surface area contributed by atoms with Crippen molar-refractivity contribution in [2.24, 2.45) is 0 Å². The highest BCUT2D eigenvalue weighted by molar-refractivity contribution is 5.58. The van der Waals surface area contributed by atoms with Crippen LogP contribution in [-0.2, 0) is 0 Å². The summed E-state index contributed by atoms with van der Waals surface area (Å²) in [6, 6.07) is 17.3.